The van der Waals surface area contributed by atoms with Crippen LogP contribution in [0.1, 0.15) is 18.2 Å². The summed E-state index contributed by atoms with van der Waals surface area (Å²) in [5, 5.41) is 1.67. The number of thiophene rings is 1. The molecule has 0 saturated carbocycles. The molecule has 1 atom stereocenters. The lowest BCUT2D eigenvalue weighted by atomic mass is 10.3. The Hall–Kier alpha value is -0.0800. The Morgan fingerprint density at radius 3 is 2.67 bits per heavy atom. The molecule has 0 aliphatic carbocycles. The topological polar surface area (TPSA) is 63.4 Å². The molecule has 1 rings (SSSR count). The van der Waals surface area contributed by atoms with E-state index in [1.165, 1.54) is 15.6 Å². The first-order chi connectivity index (χ1) is 8.47. The SMILES string of the molecule is CCC(CSC)N(C)S(=O)(=O)c1csc(CN)c1. The number of thioether (sulfide) groups is 1. The first-order valence-electron chi connectivity index (χ1n) is 5.71. The minimum Gasteiger partial charge on any atom is -0.326 e. The van der Waals surface area contributed by atoms with Crippen LogP contribution in [-0.4, -0.2) is 37.8 Å². The maximum atomic E-state index is 12.4. The lowest BCUT2D eigenvalue weighted by Gasteiger charge is -2.25. The Kier molecular flexibility index (Phi) is 6.13. The van der Waals surface area contributed by atoms with Crippen LogP contribution in [0.2, 0.25) is 0 Å². The van der Waals surface area contributed by atoms with Crippen molar-refractivity contribution in [2.45, 2.75) is 30.8 Å². The van der Waals surface area contributed by atoms with Gasteiger partial charge in [-0.05, 0) is 18.7 Å². The van der Waals surface area contributed by atoms with Gasteiger partial charge in [0.2, 0.25) is 10.0 Å². The Morgan fingerprint density at radius 2 is 2.22 bits per heavy atom. The largest absolute Gasteiger partial charge is 0.326 e. The van der Waals surface area contributed by atoms with Crippen molar-refractivity contribution in [2.75, 3.05) is 19.1 Å². The van der Waals surface area contributed by atoms with Crippen LogP contribution in [0.3, 0.4) is 0 Å². The maximum absolute atomic E-state index is 12.4. The normalized spacial score (nSPS) is 14.1. The third-order valence-corrected chi connectivity index (χ3v) is 6.57. The van der Waals surface area contributed by atoms with Crippen LogP contribution < -0.4 is 5.73 Å². The number of hydrogen-bond acceptors (Lipinski definition) is 5. The molecule has 0 aromatic carbocycles. The summed E-state index contributed by atoms with van der Waals surface area (Å²) >= 11 is 3.05. The Labute approximate surface area is 118 Å². The fourth-order valence-corrected chi connectivity index (χ4v) is 5.15. The highest BCUT2D eigenvalue weighted by Crippen LogP contribution is 2.24. The van der Waals surface area contributed by atoms with E-state index < -0.39 is 10.0 Å². The second kappa shape index (κ2) is 6.91. The zero-order valence-electron chi connectivity index (χ0n) is 10.9. The number of nitrogens with two attached hydrogens (primary N) is 1. The summed E-state index contributed by atoms with van der Waals surface area (Å²) in [4.78, 5) is 1.25. The van der Waals surface area contributed by atoms with Gasteiger partial charge in [0.05, 0.1) is 4.90 Å². The molecule has 0 bridgehead atoms. The van der Waals surface area contributed by atoms with Crippen LogP contribution >= 0.6 is 23.1 Å². The van der Waals surface area contributed by atoms with Crippen molar-refractivity contribution in [3.63, 3.8) is 0 Å². The van der Waals surface area contributed by atoms with Gasteiger partial charge < -0.3 is 5.73 Å². The quantitative estimate of drug-likeness (QED) is 0.836. The van der Waals surface area contributed by atoms with Crippen LogP contribution in [0.15, 0.2) is 16.3 Å². The monoisotopic (exact) mass is 308 g/mol. The highest BCUT2D eigenvalue weighted by Gasteiger charge is 2.27. The molecule has 0 fully saturated rings. The molecule has 1 unspecified atom stereocenters. The van der Waals surface area contributed by atoms with Gasteiger partial charge in [-0.15, -0.1) is 11.3 Å². The van der Waals surface area contributed by atoms with Gasteiger partial charge in [-0.25, -0.2) is 8.42 Å². The molecule has 1 aromatic heterocycles. The highest BCUT2D eigenvalue weighted by molar-refractivity contribution is 7.98. The van der Waals surface area contributed by atoms with Crippen LogP contribution in [0.4, 0.5) is 0 Å². The summed E-state index contributed by atoms with van der Waals surface area (Å²) in [7, 11) is -1.73. The van der Waals surface area contributed by atoms with E-state index in [-0.39, 0.29) is 6.04 Å². The maximum Gasteiger partial charge on any atom is 0.243 e. The van der Waals surface area contributed by atoms with Gasteiger partial charge in [-0.2, -0.15) is 16.1 Å². The van der Waals surface area contributed by atoms with Gasteiger partial charge in [0.25, 0.3) is 0 Å². The number of nitrogens with zero attached hydrogens (tertiary/aromatic N) is 1. The number of hydrogen-bond donors (Lipinski definition) is 1. The second-order valence-electron chi connectivity index (χ2n) is 3.99. The average Bonchev–Trinajstić information content (AvgIpc) is 2.84. The van der Waals surface area contributed by atoms with Crippen molar-refractivity contribution >= 4 is 33.1 Å². The standard InChI is InChI=1S/C11H20N2O2S3/c1-4-9(7-16-3)13(2)18(14,15)11-5-10(6-12)17-8-11/h5,8-9H,4,6-7,12H2,1-3H3. The zero-order chi connectivity index (χ0) is 13.8. The van der Waals surface area contributed by atoms with E-state index in [1.807, 2.05) is 13.2 Å². The molecule has 0 radical (unpaired) electrons. The summed E-state index contributed by atoms with van der Waals surface area (Å²) < 4.78 is 26.3. The Balaban J connectivity index is 2.97. The molecule has 0 aliphatic heterocycles. The van der Waals surface area contributed by atoms with Crippen molar-refractivity contribution in [1.29, 1.82) is 0 Å². The van der Waals surface area contributed by atoms with E-state index in [1.54, 1.807) is 30.3 Å². The zero-order valence-corrected chi connectivity index (χ0v) is 13.4. The van der Waals surface area contributed by atoms with Crippen LogP contribution in [0.25, 0.3) is 0 Å². The van der Waals surface area contributed by atoms with Gasteiger partial charge in [-0.3, -0.25) is 0 Å². The highest BCUT2D eigenvalue weighted by atomic mass is 32.2. The van der Waals surface area contributed by atoms with E-state index in [2.05, 4.69) is 0 Å². The van der Waals surface area contributed by atoms with Crippen LogP contribution in [0.5, 0.6) is 0 Å². The van der Waals surface area contributed by atoms with E-state index in [0.717, 1.165) is 17.1 Å². The summed E-state index contributed by atoms with van der Waals surface area (Å²) in [5.74, 6) is 0.806. The number of sulfonamides is 1. The van der Waals surface area contributed by atoms with Crippen molar-refractivity contribution in [1.82, 2.24) is 4.31 Å². The summed E-state index contributed by atoms with van der Waals surface area (Å²) in [5.41, 5.74) is 5.51. The molecular formula is C11H20N2O2S3. The van der Waals surface area contributed by atoms with E-state index in [4.69, 9.17) is 5.73 Å². The van der Waals surface area contributed by atoms with Gasteiger partial charge >= 0.3 is 0 Å². The predicted octanol–water partition coefficient (Wildman–Crippen LogP) is 1.97. The van der Waals surface area contributed by atoms with Crippen molar-refractivity contribution in [3.05, 3.63) is 16.3 Å². The van der Waals surface area contributed by atoms with Crippen molar-refractivity contribution < 1.29 is 8.42 Å². The molecule has 7 heteroatoms. The smallest absolute Gasteiger partial charge is 0.243 e. The van der Waals surface area contributed by atoms with Gasteiger partial charge in [0.15, 0.2) is 0 Å². The minimum atomic E-state index is -3.39. The fourth-order valence-electron chi connectivity index (χ4n) is 1.64. The first-order valence-corrected chi connectivity index (χ1v) is 9.43. The molecule has 0 saturated heterocycles. The van der Waals surface area contributed by atoms with E-state index in [9.17, 15) is 8.42 Å². The summed E-state index contributed by atoms with van der Waals surface area (Å²) in [6, 6.07) is 1.70. The molecule has 4 nitrogen and oxygen atoms in total. The molecule has 2 N–H and O–H groups in total. The van der Waals surface area contributed by atoms with Crippen LogP contribution in [0, 0.1) is 0 Å². The molecule has 0 amide bonds. The summed E-state index contributed by atoms with van der Waals surface area (Å²) in [6.07, 6.45) is 2.80. The summed E-state index contributed by atoms with van der Waals surface area (Å²) in [6.45, 7) is 2.39. The van der Waals surface area contributed by atoms with Crippen molar-refractivity contribution in [3.8, 4) is 0 Å². The molecule has 0 aliphatic rings. The Morgan fingerprint density at radius 1 is 1.56 bits per heavy atom. The third kappa shape index (κ3) is 3.48. The minimum absolute atomic E-state index is 0.0335. The lowest BCUT2D eigenvalue weighted by Crippen LogP contribution is -2.38. The molecule has 1 aromatic rings. The van der Waals surface area contributed by atoms with Gasteiger partial charge in [-0.1, -0.05) is 6.92 Å². The predicted molar refractivity (Wildman–Crippen MR) is 79.6 cm³/mol. The third-order valence-electron chi connectivity index (χ3n) is 2.85. The molecular weight excluding hydrogens is 288 g/mol. The van der Waals surface area contributed by atoms with Crippen molar-refractivity contribution in [2.24, 2.45) is 5.73 Å². The molecule has 1 heterocycles. The van der Waals surface area contributed by atoms with Gasteiger partial charge in [0.1, 0.15) is 0 Å². The lowest BCUT2D eigenvalue weighted by molar-refractivity contribution is 0.385. The van der Waals surface area contributed by atoms with E-state index in [0.29, 0.717) is 11.4 Å². The van der Waals surface area contributed by atoms with Gasteiger partial charge in [0, 0.05) is 35.6 Å². The Bertz CT molecular complexity index is 470. The van der Waals surface area contributed by atoms with E-state index >= 15 is 0 Å². The molecule has 104 valence electrons. The molecule has 0 spiro atoms. The fraction of sp³-hybridized carbons (Fsp3) is 0.636. The number of rotatable bonds is 7. The van der Waals surface area contributed by atoms with Crippen LogP contribution in [-0.2, 0) is 16.6 Å². The second-order valence-corrected chi connectivity index (χ2v) is 7.90. The average molecular weight is 308 g/mol. The first kappa shape index (κ1) is 16.0. The molecule has 18 heavy (non-hydrogen) atoms.